The SMILES string of the molecule is CCNc1nc(NC(C)(C)C(=O)O)[nH]c(=O)n1.O=C(O)C(F)(F)F. The van der Waals surface area contributed by atoms with E-state index in [-0.39, 0.29) is 11.9 Å². The van der Waals surface area contributed by atoms with Crippen molar-refractivity contribution in [3.8, 4) is 0 Å². The minimum Gasteiger partial charge on any atom is -0.480 e. The third kappa shape index (κ3) is 7.42. The Hall–Kier alpha value is -2.86. The van der Waals surface area contributed by atoms with Gasteiger partial charge >= 0.3 is 23.8 Å². The van der Waals surface area contributed by atoms with Crippen LogP contribution in [0.2, 0.25) is 0 Å². The Bertz CT molecular complexity index is 644. The maximum Gasteiger partial charge on any atom is 0.490 e. The number of carbonyl (C=O) groups is 2. The summed E-state index contributed by atoms with van der Waals surface area (Å²) < 4.78 is 31.7. The number of rotatable bonds is 5. The standard InChI is InChI=1S/C9H15N5O3.C2HF3O2/c1-4-10-6-11-7(13-8(17)12-6)14-9(2,3)5(15)16;3-2(4,5)1(6)7/h4H2,1-3H3,(H,15,16)(H3,10,11,12,13,14,17);(H,6,7). The molecule has 1 aromatic heterocycles. The molecule has 0 saturated heterocycles. The van der Waals surface area contributed by atoms with Crippen LogP contribution in [0.4, 0.5) is 25.1 Å². The summed E-state index contributed by atoms with van der Waals surface area (Å²) in [6.07, 6.45) is -5.08. The topological polar surface area (TPSA) is 157 Å². The number of nitrogens with zero attached hydrogens (tertiary/aromatic N) is 2. The molecule has 0 spiro atoms. The average molecular weight is 355 g/mol. The molecular formula is C11H16F3N5O5. The molecule has 13 heteroatoms. The van der Waals surface area contributed by atoms with E-state index in [1.54, 1.807) is 0 Å². The molecular weight excluding hydrogens is 339 g/mol. The normalized spacial score (nSPS) is 11.1. The lowest BCUT2D eigenvalue weighted by Gasteiger charge is -2.21. The Balaban J connectivity index is 0.000000640. The highest BCUT2D eigenvalue weighted by Crippen LogP contribution is 2.13. The zero-order chi connectivity index (χ0) is 19.1. The molecule has 0 aromatic carbocycles. The van der Waals surface area contributed by atoms with Crippen molar-refractivity contribution in [3.05, 3.63) is 10.5 Å². The van der Waals surface area contributed by atoms with Gasteiger partial charge in [0.25, 0.3) is 0 Å². The molecule has 0 aliphatic heterocycles. The number of aromatic nitrogens is 3. The van der Waals surface area contributed by atoms with E-state index in [9.17, 15) is 22.8 Å². The third-order valence-corrected chi connectivity index (χ3v) is 2.19. The van der Waals surface area contributed by atoms with E-state index >= 15 is 0 Å². The van der Waals surface area contributed by atoms with Gasteiger partial charge < -0.3 is 20.8 Å². The highest BCUT2D eigenvalue weighted by Gasteiger charge is 2.38. The van der Waals surface area contributed by atoms with E-state index < -0.39 is 29.3 Å². The van der Waals surface area contributed by atoms with Crippen LogP contribution < -0.4 is 16.3 Å². The van der Waals surface area contributed by atoms with Crippen molar-refractivity contribution in [1.82, 2.24) is 15.0 Å². The number of hydrogen-bond acceptors (Lipinski definition) is 7. The molecule has 0 radical (unpaired) electrons. The molecule has 0 fully saturated rings. The monoisotopic (exact) mass is 355 g/mol. The molecule has 0 bridgehead atoms. The van der Waals surface area contributed by atoms with E-state index in [0.717, 1.165) is 0 Å². The first-order chi connectivity index (χ1) is 10.8. The van der Waals surface area contributed by atoms with Crippen LogP contribution >= 0.6 is 0 Å². The van der Waals surface area contributed by atoms with Crippen molar-refractivity contribution in [3.63, 3.8) is 0 Å². The summed E-state index contributed by atoms with van der Waals surface area (Å²) in [6.45, 7) is 5.31. The Morgan fingerprint density at radius 2 is 1.67 bits per heavy atom. The summed E-state index contributed by atoms with van der Waals surface area (Å²) in [4.78, 5) is 40.9. The summed E-state index contributed by atoms with van der Waals surface area (Å²) in [5.41, 5.74) is -1.83. The predicted octanol–water partition coefficient (Wildman–Crippen LogP) is 0.505. The molecule has 10 nitrogen and oxygen atoms in total. The lowest BCUT2D eigenvalue weighted by Crippen LogP contribution is -2.41. The first-order valence-corrected chi connectivity index (χ1v) is 6.33. The minimum absolute atomic E-state index is 0.0633. The van der Waals surface area contributed by atoms with Crippen LogP contribution in [0.15, 0.2) is 4.79 Å². The van der Waals surface area contributed by atoms with Crippen molar-refractivity contribution >= 4 is 23.8 Å². The molecule has 1 aromatic rings. The summed E-state index contributed by atoms with van der Waals surface area (Å²) >= 11 is 0. The molecule has 24 heavy (non-hydrogen) atoms. The van der Waals surface area contributed by atoms with Crippen LogP contribution in [0.1, 0.15) is 20.8 Å². The summed E-state index contributed by atoms with van der Waals surface area (Å²) in [5, 5.41) is 21.4. The van der Waals surface area contributed by atoms with E-state index in [2.05, 4.69) is 25.6 Å². The lowest BCUT2D eigenvalue weighted by molar-refractivity contribution is -0.192. The average Bonchev–Trinajstić information content (AvgIpc) is 2.36. The highest BCUT2D eigenvalue weighted by molar-refractivity contribution is 5.80. The van der Waals surface area contributed by atoms with Crippen molar-refractivity contribution in [2.75, 3.05) is 17.2 Å². The van der Waals surface area contributed by atoms with Crippen LogP contribution in [0.3, 0.4) is 0 Å². The van der Waals surface area contributed by atoms with Crippen molar-refractivity contribution in [2.45, 2.75) is 32.5 Å². The van der Waals surface area contributed by atoms with Gasteiger partial charge in [0, 0.05) is 6.54 Å². The second kappa shape index (κ2) is 8.12. The van der Waals surface area contributed by atoms with Gasteiger partial charge in [-0.2, -0.15) is 23.1 Å². The fourth-order valence-electron chi connectivity index (χ4n) is 1.03. The molecule has 1 heterocycles. The number of carboxylic acids is 2. The maximum absolute atomic E-state index is 11.2. The fraction of sp³-hybridized carbons (Fsp3) is 0.545. The number of nitrogens with one attached hydrogen (secondary N) is 3. The molecule has 5 N–H and O–H groups in total. The zero-order valence-electron chi connectivity index (χ0n) is 12.9. The number of aliphatic carboxylic acids is 2. The Morgan fingerprint density at radius 3 is 2.04 bits per heavy atom. The van der Waals surface area contributed by atoms with Gasteiger partial charge in [0.2, 0.25) is 11.9 Å². The van der Waals surface area contributed by atoms with Gasteiger partial charge in [0.15, 0.2) is 0 Å². The van der Waals surface area contributed by atoms with Crippen LogP contribution in [0, 0.1) is 0 Å². The summed E-state index contributed by atoms with van der Waals surface area (Å²) in [7, 11) is 0. The predicted molar refractivity (Wildman–Crippen MR) is 75.8 cm³/mol. The first-order valence-electron chi connectivity index (χ1n) is 6.33. The number of alkyl halides is 3. The van der Waals surface area contributed by atoms with Crippen molar-refractivity contribution in [2.24, 2.45) is 0 Å². The Morgan fingerprint density at radius 1 is 1.17 bits per heavy atom. The molecule has 0 unspecified atom stereocenters. The Labute approximate surface area is 133 Å². The van der Waals surface area contributed by atoms with Crippen molar-refractivity contribution < 1.29 is 33.0 Å². The lowest BCUT2D eigenvalue weighted by atomic mass is 10.1. The van der Waals surface area contributed by atoms with Gasteiger partial charge in [-0.25, -0.2) is 14.4 Å². The van der Waals surface area contributed by atoms with Gasteiger partial charge in [0.05, 0.1) is 0 Å². The van der Waals surface area contributed by atoms with Crippen LogP contribution in [-0.2, 0) is 9.59 Å². The van der Waals surface area contributed by atoms with E-state index in [1.165, 1.54) is 13.8 Å². The van der Waals surface area contributed by atoms with Crippen LogP contribution in [0.5, 0.6) is 0 Å². The van der Waals surface area contributed by atoms with Crippen LogP contribution in [0.25, 0.3) is 0 Å². The van der Waals surface area contributed by atoms with Gasteiger partial charge in [-0.3, -0.25) is 4.98 Å². The number of H-pyrrole nitrogens is 1. The molecule has 0 aliphatic carbocycles. The molecule has 0 aliphatic rings. The van der Waals surface area contributed by atoms with E-state index in [0.29, 0.717) is 6.54 Å². The zero-order valence-corrected chi connectivity index (χ0v) is 12.9. The molecule has 1 rings (SSSR count). The minimum atomic E-state index is -5.08. The number of aromatic amines is 1. The molecule has 0 saturated carbocycles. The largest absolute Gasteiger partial charge is 0.490 e. The number of halogens is 3. The van der Waals surface area contributed by atoms with E-state index in [1.807, 2.05) is 6.92 Å². The second-order valence-corrected chi connectivity index (χ2v) is 4.71. The quantitative estimate of drug-likeness (QED) is 0.507. The maximum atomic E-state index is 11.2. The summed E-state index contributed by atoms with van der Waals surface area (Å²) in [5.74, 6) is -3.59. The van der Waals surface area contributed by atoms with Gasteiger partial charge in [0.1, 0.15) is 5.54 Å². The van der Waals surface area contributed by atoms with Crippen LogP contribution in [-0.4, -0.2) is 55.4 Å². The summed E-state index contributed by atoms with van der Waals surface area (Å²) in [6, 6.07) is 0. The molecule has 0 atom stereocenters. The van der Waals surface area contributed by atoms with Gasteiger partial charge in [-0.15, -0.1) is 0 Å². The Kier molecular flexibility index (Phi) is 7.15. The fourth-order valence-corrected chi connectivity index (χ4v) is 1.03. The van der Waals surface area contributed by atoms with Gasteiger partial charge in [-0.05, 0) is 20.8 Å². The molecule has 0 amide bonds. The third-order valence-electron chi connectivity index (χ3n) is 2.19. The number of hydrogen-bond donors (Lipinski definition) is 5. The number of anilines is 2. The van der Waals surface area contributed by atoms with E-state index in [4.69, 9.17) is 15.0 Å². The van der Waals surface area contributed by atoms with Gasteiger partial charge in [-0.1, -0.05) is 0 Å². The smallest absolute Gasteiger partial charge is 0.480 e. The molecule has 136 valence electrons. The second-order valence-electron chi connectivity index (χ2n) is 4.71. The van der Waals surface area contributed by atoms with Crippen molar-refractivity contribution in [1.29, 1.82) is 0 Å². The first kappa shape index (κ1) is 21.1. The number of carboxylic acid groups (broad SMARTS) is 2. The highest BCUT2D eigenvalue weighted by atomic mass is 19.4.